The second-order valence-electron chi connectivity index (χ2n) is 13.2. The lowest BCUT2D eigenvalue weighted by Gasteiger charge is -2.45. The van der Waals surface area contributed by atoms with E-state index in [1.165, 1.54) is 0 Å². The van der Waals surface area contributed by atoms with Crippen molar-refractivity contribution in [1.82, 2.24) is 5.32 Å². The molecular weight excluding hydrogens is 690 g/mol. The first-order valence-electron chi connectivity index (χ1n) is 17.6. The molecule has 9 heteroatoms. The van der Waals surface area contributed by atoms with Gasteiger partial charge < -0.3 is 19.9 Å². The largest absolute Gasteiger partial charge is 0.481 e. The number of carboxylic acids is 1. The third kappa shape index (κ3) is 9.39. The minimum Gasteiger partial charge on any atom is -0.481 e. The molecule has 0 aliphatic heterocycles. The molecule has 0 saturated heterocycles. The van der Waals surface area contributed by atoms with Crippen molar-refractivity contribution in [2.75, 3.05) is 6.54 Å². The maximum atomic E-state index is 13.8. The summed E-state index contributed by atoms with van der Waals surface area (Å²) >= 11 is 6.15. The molecule has 0 heterocycles. The van der Waals surface area contributed by atoms with Crippen LogP contribution in [0, 0.1) is 23.7 Å². The van der Waals surface area contributed by atoms with Crippen molar-refractivity contribution >= 4 is 35.4 Å². The minimum atomic E-state index is -1.47. The second kappa shape index (κ2) is 17.7. The average molecular weight is 730 g/mol. The fraction of sp³-hybridized carbons (Fsp3) is 0.227. The number of hydrogen-bond donors (Lipinski definition) is 2. The lowest BCUT2D eigenvalue weighted by atomic mass is 9.56. The van der Waals surface area contributed by atoms with E-state index in [9.17, 15) is 24.3 Å². The summed E-state index contributed by atoms with van der Waals surface area (Å²) in [4.78, 5) is 53.4. The third-order valence-electron chi connectivity index (χ3n) is 9.80. The molecule has 1 saturated carbocycles. The quantitative estimate of drug-likeness (QED) is 0.105. The topological polar surface area (TPSA) is 119 Å². The zero-order valence-electron chi connectivity index (χ0n) is 29.0. The number of nitrogens with one attached hydrogen (secondary N) is 1. The van der Waals surface area contributed by atoms with Crippen LogP contribution in [0.1, 0.15) is 34.6 Å². The van der Waals surface area contributed by atoms with E-state index >= 15 is 0 Å². The van der Waals surface area contributed by atoms with E-state index in [1.807, 2.05) is 54.6 Å². The SMILES string of the molecule is O=C(O)C1C(C(=O)NCCC(Cc2ccc(Cl)cc2)c2ccc(-c3ccccc3)cc2)C(C(=O)OCc2ccccc2)C1C(=O)OCc1ccccc1. The average Bonchev–Trinajstić information content (AvgIpc) is 3.17. The Hall–Kier alpha value is -5.73. The van der Waals surface area contributed by atoms with Crippen LogP contribution in [-0.4, -0.2) is 35.5 Å². The summed E-state index contributed by atoms with van der Waals surface area (Å²) in [5.74, 6) is -9.22. The van der Waals surface area contributed by atoms with E-state index in [0.29, 0.717) is 29.0 Å². The summed E-state index contributed by atoms with van der Waals surface area (Å²) < 4.78 is 11.1. The zero-order valence-corrected chi connectivity index (χ0v) is 29.7. The first-order chi connectivity index (χ1) is 25.8. The minimum absolute atomic E-state index is 0.00897. The van der Waals surface area contributed by atoms with Crippen LogP contribution < -0.4 is 5.32 Å². The standard InChI is InChI=1S/C44H40ClNO7/c45-36-22-16-29(17-23-36)26-35(34-20-18-33(19-21-34)32-14-8-3-9-15-32)24-25-46-41(47)37-38(42(48)49)40(44(51)53-28-31-12-6-2-7-13-31)39(37)43(50)52-27-30-10-4-1-5-11-30/h1-23,35,37-40H,24-28H2,(H,46,47)(H,48,49). The van der Waals surface area contributed by atoms with Crippen LogP contribution >= 0.6 is 11.6 Å². The van der Waals surface area contributed by atoms with E-state index in [2.05, 4.69) is 41.7 Å². The molecular formula is C44H40ClNO7. The molecule has 8 nitrogen and oxygen atoms in total. The van der Waals surface area contributed by atoms with Crippen LogP contribution in [0.25, 0.3) is 11.1 Å². The van der Waals surface area contributed by atoms with Gasteiger partial charge in [0, 0.05) is 11.6 Å². The number of carbonyl (C=O) groups excluding carboxylic acids is 3. The monoisotopic (exact) mass is 729 g/mol. The Kier molecular flexibility index (Phi) is 12.3. The van der Waals surface area contributed by atoms with Gasteiger partial charge in [-0.2, -0.15) is 0 Å². The van der Waals surface area contributed by atoms with Crippen molar-refractivity contribution in [3.05, 3.63) is 167 Å². The van der Waals surface area contributed by atoms with E-state index in [-0.39, 0.29) is 25.7 Å². The molecule has 1 aliphatic rings. The Labute approximate surface area is 313 Å². The number of hydrogen-bond acceptors (Lipinski definition) is 6. The highest BCUT2D eigenvalue weighted by atomic mass is 35.5. The number of amides is 1. The molecule has 2 N–H and O–H groups in total. The normalized spacial score (nSPS) is 18.2. The number of carbonyl (C=O) groups is 4. The van der Waals surface area contributed by atoms with Crippen LogP contribution in [0.15, 0.2) is 140 Å². The van der Waals surface area contributed by atoms with E-state index in [0.717, 1.165) is 22.3 Å². The van der Waals surface area contributed by atoms with E-state index in [4.69, 9.17) is 21.1 Å². The highest BCUT2D eigenvalue weighted by molar-refractivity contribution is 6.30. The first-order valence-corrected chi connectivity index (χ1v) is 18.0. The maximum absolute atomic E-state index is 13.8. The van der Waals surface area contributed by atoms with Crippen LogP contribution in [0.2, 0.25) is 5.02 Å². The molecule has 0 bridgehead atoms. The summed E-state index contributed by atoms with van der Waals surface area (Å²) in [6.45, 7) is 0.00520. The summed E-state index contributed by atoms with van der Waals surface area (Å²) in [6.07, 6.45) is 1.19. The summed E-state index contributed by atoms with van der Waals surface area (Å²) in [5.41, 5.74) is 5.74. The first kappa shape index (κ1) is 37.0. The number of carboxylic acid groups (broad SMARTS) is 1. The van der Waals surface area contributed by atoms with Crippen LogP contribution in [0.5, 0.6) is 0 Å². The lowest BCUT2D eigenvalue weighted by Crippen LogP contribution is -2.62. The molecule has 6 rings (SSSR count). The number of ether oxygens (including phenoxy) is 2. The van der Waals surface area contributed by atoms with Crippen LogP contribution in [0.4, 0.5) is 0 Å². The van der Waals surface area contributed by atoms with E-state index < -0.39 is 47.5 Å². The van der Waals surface area contributed by atoms with Crippen molar-refractivity contribution in [1.29, 1.82) is 0 Å². The summed E-state index contributed by atoms with van der Waals surface area (Å²) in [7, 11) is 0. The number of benzene rings is 5. The number of halogens is 1. The Bertz CT molecular complexity index is 1990. The Morgan fingerprint density at radius 3 is 1.60 bits per heavy atom. The molecule has 5 aromatic carbocycles. The smallest absolute Gasteiger partial charge is 0.311 e. The summed E-state index contributed by atoms with van der Waals surface area (Å²) in [6, 6.07) is 43.9. The summed E-state index contributed by atoms with van der Waals surface area (Å²) in [5, 5.41) is 13.8. The van der Waals surface area contributed by atoms with Crippen molar-refractivity contribution in [2.45, 2.75) is 32.0 Å². The number of esters is 2. The van der Waals surface area contributed by atoms with Gasteiger partial charge in [0.15, 0.2) is 0 Å². The Morgan fingerprint density at radius 1 is 0.585 bits per heavy atom. The molecule has 0 spiro atoms. The lowest BCUT2D eigenvalue weighted by molar-refractivity contribution is -0.193. The fourth-order valence-corrected chi connectivity index (χ4v) is 7.10. The maximum Gasteiger partial charge on any atom is 0.311 e. The highest BCUT2D eigenvalue weighted by Crippen LogP contribution is 2.48. The molecule has 0 aromatic heterocycles. The Morgan fingerprint density at radius 2 is 1.08 bits per heavy atom. The van der Waals surface area contributed by atoms with Crippen molar-refractivity contribution in [3.63, 3.8) is 0 Å². The molecule has 1 amide bonds. The zero-order chi connectivity index (χ0) is 37.2. The molecule has 270 valence electrons. The van der Waals surface area contributed by atoms with Gasteiger partial charge in [0.2, 0.25) is 5.91 Å². The molecule has 1 fully saturated rings. The van der Waals surface area contributed by atoms with Gasteiger partial charge in [-0.1, -0.05) is 139 Å². The number of aliphatic carboxylic acids is 1. The number of rotatable bonds is 15. The fourth-order valence-electron chi connectivity index (χ4n) is 6.98. The van der Waals surface area contributed by atoms with Gasteiger partial charge in [-0.05, 0) is 64.3 Å². The van der Waals surface area contributed by atoms with Gasteiger partial charge in [0.25, 0.3) is 0 Å². The molecule has 53 heavy (non-hydrogen) atoms. The van der Waals surface area contributed by atoms with Crippen molar-refractivity contribution in [2.24, 2.45) is 23.7 Å². The van der Waals surface area contributed by atoms with Gasteiger partial charge in [-0.25, -0.2) is 0 Å². The van der Waals surface area contributed by atoms with Crippen molar-refractivity contribution in [3.8, 4) is 11.1 Å². The second-order valence-corrected chi connectivity index (χ2v) is 13.7. The molecule has 1 aliphatic carbocycles. The van der Waals surface area contributed by atoms with Crippen LogP contribution in [0.3, 0.4) is 0 Å². The third-order valence-corrected chi connectivity index (χ3v) is 10.1. The molecule has 5 atom stereocenters. The highest BCUT2D eigenvalue weighted by Gasteiger charge is 2.64. The Balaban J connectivity index is 1.18. The van der Waals surface area contributed by atoms with Gasteiger partial charge >= 0.3 is 17.9 Å². The van der Waals surface area contributed by atoms with Gasteiger partial charge in [-0.3, -0.25) is 19.2 Å². The molecule has 5 aromatic rings. The van der Waals surface area contributed by atoms with Crippen LogP contribution in [-0.2, 0) is 48.3 Å². The van der Waals surface area contributed by atoms with Gasteiger partial charge in [0.1, 0.15) is 13.2 Å². The predicted octanol–water partition coefficient (Wildman–Crippen LogP) is 7.89. The predicted molar refractivity (Wildman–Crippen MR) is 201 cm³/mol. The van der Waals surface area contributed by atoms with Gasteiger partial charge in [-0.15, -0.1) is 0 Å². The molecule has 5 unspecified atom stereocenters. The molecule has 0 radical (unpaired) electrons. The van der Waals surface area contributed by atoms with Gasteiger partial charge in [0.05, 0.1) is 23.7 Å². The van der Waals surface area contributed by atoms with E-state index in [1.54, 1.807) is 48.5 Å². The van der Waals surface area contributed by atoms with Crippen molar-refractivity contribution < 1.29 is 33.8 Å².